The average Bonchev–Trinajstić information content (AvgIpc) is 3.23. The van der Waals surface area contributed by atoms with Crippen LogP contribution in [0.2, 0.25) is 0 Å². The molecule has 30 heavy (non-hydrogen) atoms. The Hall–Kier alpha value is -3.00. The summed E-state index contributed by atoms with van der Waals surface area (Å²) in [6, 6.07) is 16.0. The molecule has 1 unspecified atom stereocenters. The number of benzene rings is 2. The van der Waals surface area contributed by atoms with Crippen LogP contribution in [-0.4, -0.2) is 23.7 Å². The predicted octanol–water partition coefficient (Wildman–Crippen LogP) is 4.68. The molecule has 0 aliphatic heterocycles. The lowest BCUT2D eigenvalue weighted by atomic mass is 10.1. The van der Waals surface area contributed by atoms with Crippen molar-refractivity contribution in [1.29, 1.82) is 0 Å². The van der Waals surface area contributed by atoms with Crippen molar-refractivity contribution in [2.75, 3.05) is 13.7 Å². The summed E-state index contributed by atoms with van der Waals surface area (Å²) >= 11 is 1.32. The molecule has 0 saturated heterocycles. The molecule has 0 fully saturated rings. The lowest BCUT2D eigenvalue weighted by molar-refractivity contribution is 0.181. The van der Waals surface area contributed by atoms with Gasteiger partial charge in [0.2, 0.25) is 0 Å². The summed E-state index contributed by atoms with van der Waals surface area (Å²) in [5.41, 5.74) is 8.40. The van der Waals surface area contributed by atoms with Gasteiger partial charge in [-0.2, -0.15) is 0 Å². The molecule has 3 N–H and O–H groups in total. The van der Waals surface area contributed by atoms with E-state index in [4.69, 9.17) is 15.2 Å². The molecule has 1 atom stereocenters. The number of methoxy groups -OCH3 is 1. The zero-order chi connectivity index (χ0) is 21.1. The van der Waals surface area contributed by atoms with Crippen LogP contribution >= 0.6 is 11.3 Å². The molecule has 2 aromatic carbocycles. The molecule has 5 nitrogen and oxygen atoms in total. The number of nitrogens with two attached hydrogens (primary N) is 1. The van der Waals surface area contributed by atoms with E-state index in [1.54, 1.807) is 25.3 Å². The van der Waals surface area contributed by atoms with Gasteiger partial charge < -0.3 is 20.3 Å². The number of ether oxygens (including phenoxy) is 2. The number of aliphatic hydroxyl groups is 1. The van der Waals surface area contributed by atoms with Crippen LogP contribution in [0, 0.1) is 5.82 Å². The van der Waals surface area contributed by atoms with Crippen molar-refractivity contribution < 1.29 is 19.0 Å². The van der Waals surface area contributed by atoms with E-state index in [0.717, 1.165) is 22.3 Å². The van der Waals surface area contributed by atoms with E-state index >= 15 is 0 Å². The molecular formula is C23H21FN2O3S. The summed E-state index contributed by atoms with van der Waals surface area (Å²) in [5.74, 6) is 1.06. The Bertz CT molecular complexity index is 1160. The molecule has 7 heteroatoms. The quantitative estimate of drug-likeness (QED) is 0.450. The number of pyridine rings is 1. The highest BCUT2D eigenvalue weighted by Gasteiger charge is 2.16. The second-order valence-corrected chi connectivity index (χ2v) is 7.65. The van der Waals surface area contributed by atoms with Gasteiger partial charge >= 0.3 is 0 Å². The van der Waals surface area contributed by atoms with Crippen LogP contribution in [-0.2, 0) is 6.61 Å². The molecule has 0 aliphatic rings. The molecular weight excluding hydrogens is 403 g/mol. The van der Waals surface area contributed by atoms with E-state index < -0.39 is 6.10 Å². The monoisotopic (exact) mass is 424 g/mol. The molecule has 154 valence electrons. The highest BCUT2D eigenvalue weighted by molar-refractivity contribution is 7.17. The van der Waals surface area contributed by atoms with Gasteiger partial charge in [-0.25, -0.2) is 9.37 Å². The molecule has 0 aliphatic carbocycles. The topological polar surface area (TPSA) is 77.6 Å². The minimum absolute atomic E-state index is 0.0351. The zero-order valence-electron chi connectivity index (χ0n) is 16.3. The number of aliphatic hydroxyl groups excluding tert-OH is 1. The van der Waals surface area contributed by atoms with E-state index in [1.165, 1.54) is 17.4 Å². The van der Waals surface area contributed by atoms with Crippen LogP contribution in [0.1, 0.15) is 17.4 Å². The first kappa shape index (κ1) is 20.3. The Kier molecular flexibility index (Phi) is 5.94. The predicted molar refractivity (Wildman–Crippen MR) is 116 cm³/mol. The standard InChI is InChI=1S/C23H21FN2O3S/c1-28-15-7-5-14(6-8-15)12-29-16-9-20(26-21(10-16)22(27)11-25)18-13-30-23-17(18)3-2-4-19(23)24/h2-10,13,22,27H,11-12,25H2,1H3. The molecule has 0 radical (unpaired) electrons. The van der Waals surface area contributed by atoms with Crippen LogP contribution < -0.4 is 15.2 Å². The molecule has 0 spiro atoms. The number of thiophene rings is 1. The maximum atomic E-state index is 14.1. The normalized spacial score (nSPS) is 12.1. The van der Waals surface area contributed by atoms with E-state index in [0.29, 0.717) is 28.4 Å². The fraction of sp³-hybridized carbons (Fsp3) is 0.174. The van der Waals surface area contributed by atoms with E-state index in [9.17, 15) is 9.50 Å². The van der Waals surface area contributed by atoms with Crippen molar-refractivity contribution in [2.45, 2.75) is 12.7 Å². The third-order valence-electron chi connectivity index (χ3n) is 4.78. The van der Waals surface area contributed by atoms with Crippen LogP contribution in [0.4, 0.5) is 4.39 Å². The SMILES string of the molecule is COc1ccc(COc2cc(-c3csc4c(F)cccc34)nc(C(O)CN)c2)cc1. The molecule has 4 rings (SSSR count). The Morgan fingerprint density at radius 3 is 2.67 bits per heavy atom. The molecule has 2 aromatic heterocycles. The van der Waals surface area contributed by atoms with Gasteiger partial charge in [-0.1, -0.05) is 24.3 Å². The summed E-state index contributed by atoms with van der Waals surface area (Å²) in [6.45, 7) is 0.373. The van der Waals surface area contributed by atoms with Crippen LogP contribution in [0.15, 0.2) is 60.0 Å². The lowest BCUT2D eigenvalue weighted by Crippen LogP contribution is -2.13. The number of hydrogen-bond donors (Lipinski definition) is 2. The summed E-state index contributed by atoms with van der Waals surface area (Å²) in [6.07, 6.45) is -0.921. The van der Waals surface area contributed by atoms with Gasteiger partial charge in [0.1, 0.15) is 30.0 Å². The molecule has 4 aromatic rings. The first-order valence-corrected chi connectivity index (χ1v) is 10.3. The Morgan fingerprint density at radius 2 is 1.93 bits per heavy atom. The first-order valence-electron chi connectivity index (χ1n) is 9.41. The van der Waals surface area contributed by atoms with Crippen LogP contribution in [0.25, 0.3) is 21.3 Å². The van der Waals surface area contributed by atoms with Crippen molar-refractivity contribution in [3.63, 3.8) is 0 Å². The fourth-order valence-electron chi connectivity index (χ4n) is 3.15. The first-order chi connectivity index (χ1) is 14.6. The minimum Gasteiger partial charge on any atom is -0.497 e. The van der Waals surface area contributed by atoms with Crippen molar-refractivity contribution in [3.8, 4) is 22.8 Å². The second-order valence-electron chi connectivity index (χ2n) is 6.77. The van der Waals surface area contributed by atoms with Gasteiger partial charge in [0.25, 0.3) is 0 Å². The summed E-state index contributed by atoms with van der Waals surface area (Å²) in [4.78, 5) is 4.56. The van der Waals surface area contributed by atoms with Gasteiger partial charge in [-0.15, -0.1) is 11.3 Å². The zero-order valence-corrected chi connectivity index (χ0v) is 17.2. The Morgan fingerprint density at radius 1 is 1.13 bits per heavy atom. The Balaban J connectivity index is 1.69. The number of nitrogens with zero attached hydrogens (tertiary/aromatic N) is 1. The van der Waals surface area contributed by atoms with Crippen molar-refractivity contribution >= 4 is 21.4 Å². The number of hydrogen-bond acceptors (Lipinski definition) is 6. The Labute approximate surface area is 177 Å². The smallest absolute Gasteiger partial charge is 0.141 e. The van der Waals surface area contributed by atoms with Crippen LogP contribution in [0.5, 0.6) is 11.5 Å². The van der Waals surface area contributed by atoms with E-state index in [-0.39, 0.29) is 12.4 Å². The lowest BCUT2D eigenvalue weighted by Gasteiger charge is -2.13. The van der Waals surface area contributed by atoms with Crippen LogP contribution in [0.3, 0.4) is 0 Å². The molecule has 2 heterocycles. The fourth-order valence-corrected chi connectivity index (χ4v) is 4.12. The largest absolute Gasteiger partial charge is 0.497 e. The number of aromatic nitrogens is 1. The maximum absolute atomic E-state index is 14.1. The molecule has 0 saturated carbocycles. The van der Waals surface area contributed by atoms with E-state index in [1.807, 2.05) is 35.7 Å². The van der Waals surface area contributed by atoms with Gasteiger partial charge in [0.05, 0.1) is 23.2 Å². The van der Waals surface area contributed by atoms with Gasteiger partial charge in [-0.3, -0.25) is 0 Å². The van der Waals surface area contributed by atoms with Gasteiger partial charge in [0.15, 0.2) is 0 Å². The third kappa shape index (κ3) is 4.14. The second kappa shape index (κ2) is 8.79. The molecule has 0 amide bonds. The highest BCUT2D eigenvalue weighted by Crippen LogP contribution is 2.36. The summed E-state index contributed by atoms with van der Waals surface area (Å²) in [5, 5.41) is 12.9. The van der Waals surface area contributed by atoms with Gasteiger partial charge in [0, 0.05) is 35.0 Å². The van der Waals surface area contributed by atoms with Crippen molar-refractivity contribution in [1.82, 2.24) is 4.98 Å². The van der Waals surface area contributed by atoms with Crippen molar-refractivity contribution in [2.24, 2.45) is 5.73 Å². The number of halogens is 1. The third-order valence-corrected chi connectivity index (χ3v) is 5.78. The highest BCUT2D eigenvalue weighted by atomic mass is 32.1. The summed E-state index contributed by atoms with van der Waals surface area (Å²) < 4.78 is 25.8. The summed E-state index contributed by atoms with van der Waals surface area (Å²) in [7, 11) is 1.62. The minimum atomic E-state index is -0.921. The average molecular weight is 424 g/mol. The number of rotatable bonds is 7. The molecule has 0 bridgehead atoms. The van der Waals surface area contributed by atoms with Gasteiger partial charge in [-0.05, 0) is 23.8 Å². The van der Waals surface area contributed by atoms with Crippen molar-refractivity contribution in [3.05, 3.63) is 77.1 Å². The van der Waals surface area contributed by atoms with E-state index in [2.05, 4.69) is 4.98 Å². The number of fused-ring (bicyclic) bond motifs is 1. The maximum Gasteiger partial charge on any atom is 0.141 e.